The third kappa shape index (κ3) is 4.14. The molecule has 0 saturated carbocycles. The number of benzene rings is 2. The second-order valence-electron chi connectivity index (χ2n) is 7.65. The topological polar surface area (TPSA) is 69.9 Å². The molecule has 0 atom stereocenters. The minimum atomic E-state index is -1.10. The zero-order valence-corrected chi connectivity index (χ0v) is 16.7. The van der Waals surface area contributed by atoms with E-state index >= 15 is 0 Å². The molecule has 0 aromatic heterocycles. The van der Waals surface area contributed by atoms with Crippen LogP contribution in [0, 0.1) is 27.6 Å². The summed E-state index contributed by atoms with van der Waals surface area (Å²) in [4.78, 5) is 28.7. The van der Waals surface area contributed by atoms with Crippen molar-refractivity contribution in [1.29, 1.82) is 0 Å². The fraction of sp³-hybridized carbons (Fsp3) is 0.381. The summed E-state index contributed by atoms with van der Waals surface area (Å²) < 4.78 is 41.1. The SMILES string of the molecule is O=C(c1ccc(F)c(F)c1)N1CCN(c2cc(N3CCCC3)c(F)cc2[N+](=O)[O-])CC1. The number of carbonyl (C=O) groups excluding carboxylic acids is 1. The van der Waals surface area contributed by atoms with E-state index < -0.39 is 28.3 Å². The van der Waals surface area contributed by atoms with Crippen molar-refractivity contribution in [3.05, 3.63) is 63.5 Å². The van der Waals surface area contributed by atoms with Gasteiger partial charge in [0.1, 0.15) is 5.69 Å². The molecule has 2 aliphatic heterocycles. The van der Waals surface area contributed by atoms with Crippen LogP contribution in [-0.4, -0.2) is 55.0 Å². The van der Waals surface area contributed by atoms with Gasteiger partial charge >= 0.3 is 0 Å². The zero-order chi connectivity index (χ0) is 22.1. The summed E-state index contributed by atoms with van der Waals surface area (Å²) in [5.74, 6) is -3.19. The van der Waals surface area contributed by atoms with Crippen LogP contribution in [0.1, 0.15) is 23.2 Å². The first-order valence-electron chi connectivity index (χ1n) is 10.1. The number of rotatable bonds is 4. The van der Waals surface area contributed by atoms with Gasteiger partial charge in [0.15, 0.2) is 17.5 Å². The van der Waals surface area contributed by atoms with Gasteiger partial charge in [0, 0.05) is 44.8 Å². The Bertz CT molecular complexity index is 1020. The summed E-state index contributed by atoms with van der Waals surface area (Å²) in [6, 6.07) is 5.46. The first kappa shape index (κ1) is 21.0. The first-order chi connectivity index (χ1) is 14.8. The van der Waals surface area contributed by atoms with Gasteiger partial charge in [-0.1, -0.05) is 0 Å². The Balaban J connectivity index is 1.53. The quantitative estimate of drug-likeness (QED) is 0.544. The predicted molar refractivity (Wildman–Crippen MR) is 109 cm³/mol. The highest BCUT2D eigenvalue weighted by molar-refractivity contribution is 5.94. The average Bonchev–Trinajstić information content (AvgIpc) is 3.29. The van der Waals surface area contributed by atoms with Crippen molar-refractivity contribution in [1.82, 2.24) is 4.90 Å². The Kier molecular flexibility index (Phi) is 5.71. The number of halogens is 3. The summed E-state index contributed by atoms with van der Waals surface area (Å²) in [5.41, 5.74) is 0.379. The monoisotopic (exact) mass is 434 g/mol. The molecule has 0 radical (unpaired) electrons. The Morgan fingerprint density at radius 2 is 1.45 bits per heavy atom. The summed E-state index contributed by atoms with van der Waals surface area (Å²) in [6.45, 7) is 2.47. The molecule has 1 amide bonds. The fourth-order valence-corrected chi connectivity index (χ4v) is 4.10. The standard InChI is InChI=1S/C21H21F3N4O3/c22-15-4-3-14(11-16(15)23)21(29)27-9-7-26(8-10-27)19-13-18(25-5-1-2-6-25)17(24)12-20(19)28(30)31/h3-4,11-13H,1-2,5-10H2. The van der Waals surface area contributed by atoms with Crippen molar-refractivity contribution in [3.63, 3.8) is 0 Å². The van der Waals surface area contributed by atoms with Crippen LogP contribution in [-0.2, 0) is 0 Å². The van der Waals surface area contributed by atoms with Crippen molar-refractivity contribution in [2.75, 3.05) is 49.1 Å². The van der Waals surface area contributed by atoms with Crippen LogP contribution >= 0.6 is 0 Å². The van der Waals surface area contributed by atoms with E-state index in [2.05, 4.69) is 0 Å². The highest BCUT2D eigenvalue weighted by atomic mass is 19.2. The van der Waals surface area contributed by atoms with Crippen molar-refractivity contribution >= 4 is 23.0 Å². The number of amides is 1. The van der Waals surface area contributed by atoms with E-state index in [1.165, 1.54) is 17.0 Å². The van der Waals surface area contributed by atoms with Crippen LogP contribution in [0.4, 0.5) is 30.2 Å². The van der Waals surface area contributed by atoms with Crippen LogP contribution < -0.4 is 9.80 Å². The molecule has 10 heteroatoms. The molecule has 2 aromatic rings. The van der Waals surface area contributed by atoms with Crippen molar-refractivity contribution in [2.24, 2.45) is 0 Å². The van der Waals surface area contributed by atoms with Gasteiger partial charge in [0.05, 0.1) is 16.7 Å². The molecular weight excluding hydrogens is 413 g/mol. The molecule has 2 aromatic carbocycles. The van der Waals surface area contributed by atoms with Gasteiger partial charge < -0.3 is 14.7 Å². The molecule has 2 heterocycles. The van der Waals surface area contributed by atoms with Gasteiger partial charge in [-0.15, -0.1) is 0 Å². The number of hydrogen-bond acceptors (Lipinski definition) is 5. The zero-order valence-electron chi connectivity index (χ0n) is 16.7. The maximum absolute atomic E-state index is 14.6. The molecule has 0 N–H and O–H groups in total. The number of piperazine rings is 1. The Labute approximate surface area is 176 Å². The molecule has 0 spiro atoms. The third-order valence-corrected chi connectivity index (χ3v) is 5.76. The Hall–Kier alpha value is -3.30. The van der Waals surface area contributed by atoms with Gasteiger partial charge in [-0.25, -0.2) is 13.2 Å². The molecule has 7 nitrogen and oxygen atoms in total. The maximum Gasteiger partial charge on any atom is 0.295 e. The molecular formula is C21H21F3N4O3. The molecule has 0 unspecified atom stereocenters. The van der Waals surface area contributed by atoms with Gasteiger partial charge in [-0.2, -0.15) is 0 Å². The van der Waals surface area contributed by atoms with Crippen LogP contribution in [0.5, 0.6) is 0 Å². The molecule has 0 bridgehead atoms. The second kappa shape index (κ2) is 8.44. The summed E-state index contributed by atoms with van der Waals surface area (Å²) >= 11 is 0. The lowest BCUT2D eigenvalue weighted by molar-refractivity contribution is -0.384. The Morgan fingerprint density at radius 3 is 2.06 bits per heavy atom. The number of hydrogen-bond donors (Lipinski definition) is 0. The largest absolute Gasteiger partial charge is 0.369 e. The number of nitro groups is 1. The van der Waals surface area contributed by atoms with E-state index in [0.29, 0.717) is 37.6 Å². The number of anilines is 2. The van der Waals surface area contributed by atoms with Crippen LogP contribution in [0.2, 0.25) is 0 Å². The molecule has 2 fully saturated rings. The minimum absolute atomic E-state index is 0.0384. The van der Waals surface area contributed by atoms with E-state index in [1.54, 1.807) is 4.90 Å². The summed E-state index contributed by atoms with van der Waals surface area (Å²) in [5, 5.41) is 11.5. The van der Waals surface area contributed by atoms with E-state index in [-0.39, 0.29) is 24.3 Å². The molecule has 31 heavy (non-hydrogen) atoms. The van der Waals surface area contributed by atoms with Gasteiger partial charge in [0.2, 0.25) is 0 Å². The van der Waals surface area contributed by atoms with Crippen molar-refractivity contribution in [2.45, 2.75) is 12.8 Å². The lowest BCUT2D eigenvalue weighted by atomic mass is 10.1. The molecule has 2 saturated heterocycles. The third-order valence-electron chi connectivity index (χ3n) is 5.76. The molecule has 164 valence electrons. The average molecular weight is 434 g/mol. The first-order valence-corrected chi connectivity index (χ1v) is 10.1. The lowest BCUT2D eigenvalue weighted by Crippen LogP contribution is -2.49. The van der Waals surface area contributed by atoms with Crippen LogP contribution in [0.25, 0.3) is 0 Å². The van der Waals surface area contributed by atoms with Crippen molar-refractivity contribution < 1.29 is 22.9 Å². The summed E-state index contributed by atoms with van der Waals surface area (Å²) in [6.07, 6.45) is 1.88. The van der Waals surface area contributed by atoms with E-state index in [0.717, 1.165) is 31.0 Å². The Morgan fingerprint density at radius 1 is 0.806 bits per heavy atom. The highest BCUT2D eigenvalue weighted by Gasteiger charge is 2.29. The maximum atomic E-state index is 14.6. The minimum Gasteiger partial charge on any atom is -0.369 e. The van der Waals surface area contributed by atoms with E-state index in [9.17, 15) is 28.1 Å². The van der Waals surface area contributed by atoms with Gasteiger partial charge in [-0.3, -0.25) is 14.9 Å². The van der Waals surface area contributed by atoms with Gasteiger partial charge in [0.25, 0.3) is 11.6 Å². The molecule has 2 aliphatic rings. The summed E-state index contributed by atoms with van der Waals surface area (Å²) in [7, 11) is 0. The number of carbonyl (C=O) groups is 1. The number of nitro benzene ring substituents is 1. The molecule has 4 rings (SSSR count). The van der Waals surface area contributed by atoms with E-state index in [4.69, 9.17) is 0 Å². The molecule has 0 aliphatic carbocycles. The predicted octanol–water partition coefficient (Wildman–Crippen LogP) is 3.57. The normalized spacial score (nSPS) is 16.7. The van der Waals surface area contributed by atoms with Crippen LogP contribution in [0.3, 0.4) is 0 Å². The fourth-order valence-electron chi connectivity index (χ4n) is 4.10. The van der Waals surface area contributed by atoms with Crippen LogP contribution in [0.15, 0.2) is 30.3 Å². The van der Waals surface area contributed by atoms with Crippen molar-refractivity contribution in [3.8, 4) is 0 Å². The van der Waals surface area contributed by atoms with E-state index in [1.807, 2.05) is 4.90 Å². The second-order valence-corrected chi connectivity index (χ2v) is 7.65. The van der Waals surface area contributed by atoms with Gasteiger partial charge in [-0.05, 0) is 37.1 Å². The highest BCUT2D eigenvalue weighted by Crippen LogP contribution is 2.36. The smallest absolute Gasteiger partial charge is 0.295 e. The number of nitrogens with zero attached hydrogens (tertiary/aromatic N) is 4. The lowest BCUT2D eigenvalue weighted by Gasteiger charge is -2.36.